The topological polar surface area (TPSA) is 99.9 Å². The van der Waals surface area contributed by atoms with Crippen LogP contribution in [0.15, 0.2) is 18.3 Å². The molecular weight excluding hydrogens is 362 g/mol. The predicted octanol–water partition coefficient (Wildman–Crippen LogP) is 1.74. The van der Waals surface area contributed by atoms with Gasteiger partial charge >= 0.3 is 0 Å². The van der Waals surface area contributed by atoms with Crippen LogP contribution in [0.1, 0.15) is 27.4 Å². The smallest absolute Gasteiger partial charge is 0.251 e. The summed E-state index contributed by atoms with van der Waals surface area (Å²) >= 11 is 0. The first kappa shape index (κ1) is 19.4. The van der Waals surface area contributed by atoms with Crippen molar-refractivity contribution >= 4 is 11.7 Å². The van der Waals surface area contributed by atoms with Crippen LogP contribution in [0.2, 0.25) is 0 Å². The lowest BCUT2D eigenvalue weighted by molar-refractivity contribution is 0.0953. The molecule has 1 aromatic carbocycles. The predicted molar refractivity (Wildman–Crippen MR) is 102 cm³/mol. The Bertz CT molecular complexity index is 951. The van der Waals surface area contributed by atoms with Crippen LogP contribution in [0.5, 0.6) is 17.2 Å². The number of hydrogen-bond donors (Lipinski definition) is 1. The van der Waals surface area contributed by atoms with E-state index in [0.29, 0.717) is 41.6 Å². The summed E-state index contributed by atoms with van der Waals surface area (Å²) in [7, 11) is 4.53. The molecule has 0 bridgehead atoms. The molecule has 0 aliphatic heterocycles. The maximum absolute atomic E-state index is 12.5. The van der Waals surface area contributed by atoms with E-state index in [1.165, 1.54) is 21.3 Å². The Balaban J connectivity index is 1.69. The number of methoxy groups -OCH3 is 3. The molecule has 9 nitrogen and oxygen atoms in total. The summed E-state index contributed by atoms with van der Waals surface area (Å²) in [4.78, 5) is 21.4. The van der Waals surface area contributed by atoms with Gasteiger partial charge in [-0.25, -0.2) is 14.5 Å². The van der Waals surface area contributed by atoms with Gasteiger partial charge in [0.15, 0.2) is 11.5 Å². The van der Waals surface area contributed by atoms with E-state index in [4.69, 9.17) is 14.2 Å². The van der Waals surface area contributed by atoms with Crippen LogP contribution < -0.4 is 19.5 Å². The largest absolute Gasteiger partial charge is 0.493 e. The molecule has 0 aliphatic rings. The highest BCUT2D eigenvalue weighted by molar-refractivity contribution is 5.95. The van der Waals surface area contributed by atoms with Gasteiger partial charge in [0, 0.05) is 18.5 Å². The molecule has 0 aliphatic carbocycles. The number of benzene rings is 1. The molecule has 0 atom stereocenters. The molecule has 2 heterocycles. The van der Waals surface area contributed by atoms with Crippen molar-refractivity contribution in [3.63, 3.8) is 0 Å². The number of rotatable bonds is 7. The van der Waals surface area contributed by atoms with Gasteiger partial charge in [-0.2, -0.15) is 5.10 Å². The number of imidazole rings is 1. The number of fused-ring (bicyclic) bond motifs is 1. The van der Waals surface area contributed by atoms with E-state index in [0.717, 1.165) is 17.1 Å². The van der Waals surface area contributed by atoms with E-state index in [1.54, 1.807) is 16.6 Å². The van der Waals surface area contributed by atoms with Crippen molar-refractivity contribution < 1.29 is 19.0 Å². The van der Waals surface area contributed by atoms with E-state index in [9.17, 15) is 4.79 Å². The minimum atomic E-state index is -0.244. The van der Waals surface area contributed by atoms with Gasteiger partial charge in [-0.1, -0.05) is 0 Å². The first-order chi connectivity index (χ1) is 13.5. The molecule has 3 aromatic rings. The Morgan fingerprint density at radius 3 is 2.32 bits per heavy atom. The van der Waals surface area contributed by atoms with Crippen LogP contribution >= 0.6 is 0 Å². The van der Waals surface area contributed by atoms with Crippen molar-refractivity contribution in [1.29, 1.82) is 0 Å². The van der Waals surface area contributed by atoms with Crippen LogP contribution in [-0.4, -0.2) is 53.4 Å². The van der Waals surface area contributed by atoms with E-state index >= 15 is 0 Å². The SMILES string of the molecule is COc1cc(C(=O)NCCc2cn3nc(C)c(C)nc3n2)cc(OC)c1OC. The highest BCUT2D eigenvalue weighted by atomic mass is 16.5. The molecule has 1 N–H and O–H groups in total. The average Bonchev–Trinajstić information content (AvgIpc) is 3.08. The first-order valence-corrected chi connectivity index (χ1v) is 8.74. The van der Waals surface area contributed by atoms with Crippen molar-refractivity contribution in [3.8, 4) is 17.2 Å². The van der Waals surface area contributed by atoms with Gasteiger partial charge in [0.1, 0.15) is 0 Å². The molecule has 28 heavy (non-hydrogen) atoms. The third-order valence-corrected chi connectivity index (χ3v) is 4.36. The second kappa shape index (κ2) is 8.12. The number of hydrogen-bond acceptors (Lipinski definition) is 7. The van der Waals surface area contributed by atoms with Crippen molar-refractivity contribution in [2.24, 2.45) is 0 Å². The Morgan fingerprint density at radius 1 is 1.04 bits per heavy atom. The number of nitrogens with zero attached hydrogens (tertiary/aromatic N) is 4. The van der Waals surface area contributed by atoms with E-state index in [-0.39, 0.29) is 5.91 Å². The Morgan fingerprint density at radius 2 is 1.71 bits per heavy atom. The maximum atomic E-state index is 12.5. The third kappa shape index (κ3) is 3.83. The van der Waals surface area contributed by atoms with Crippen LogP contribution in [0.3, 0.4) is 0 Å². The van der Waals surface area contributed by atoms with E-state index in [1.807, 2.05) is 20.0 Å². The Hall–Kier alpha value is -3.36. The zero-order valence-corrected chi connectivity index (χ0v) is 16.6. The van der Waals surface area contributed by atoms with Gasteiger partial charge in [-0.15, -0.1) is 0 Å². The summed E-state index contributed by atoms with van der Waals surface area (Å²) < 4.78 is 17.5. The van der Waals surface area contributed by atoms with Gasteiger partial charge < -0.3 is 19.5 Å². The molecule has 9 heteroatoms. The molecule has 0 saturated heterocycles. The van der Waals surface area contributed by atoms with Crippen molar-refractivity contribution in [2.45, 2.75) is 20.3 Å². The zero-order valence-electron chi connectivity index (χ0n) is 16.6. The Kier molecular flexibility index (Phi) is 5.62. The maximum Gasteiger partial charge on any atom is 0.251 e. The lowest BCUT2D eigenvalue weighted by Crippen LogP contribution is -2.25. The third-order valence-electron chi connectivity index (χ3n) is 4.36. The molecule has 0 saturated carbocycles. The summed E-state index contributed by atoms with van der Waals surface area (Å²) in [6, 6.07) is 3.22. The summed E-state index contributed by atoms with van der Waals surface area (Å²) in [6.07, 6.45) is 2.37. The minimum Gasteiger partial charge on any atom is -0.493 e. The molecule has 0 fully saturated rings. The van der Waals surface area contributed by atoms with E-state index < -0.39 is 0 Å². The monoisotopic (exact) mass is 385 g/mol. The summed E-state index contributed by atoms with van der Waals surface area (Å²) in [5.41, 5.74) is 2.92. The standard InChI is InChI=1S/C19H23N5O4/c1-11-12(2)23-24-10-14(22-19(24)21-11)6-7-20-18(25)13-8-15(26-3)17(28-5)16(9-13)27-4/h8-10H,6-7H2,1-5H3,(H,20,25). The normalized spacial score (nSPS) is 10.8. The van der Waals surface area contributed by atoms with Gasteiger partial charge in [-0.05, 0) is 26.0 Å². The molecule has 0 radical (unpaired) electrons. The van der Waals surface area contributed by atoms with Crippen LogP contribution in [0.25, 0.3) is 5.78 Å². The number of carbonyl (C=O) groups is 1. The fourth-order valence-corrected chi connectivity index (χ4v) is 2.76. The summed E-state index contributed by atoms with van der Waals surface area (Å²) in [5.74, 6) is 1.60. The molecule has 2 aromatic heterocycles. The number of ether oxygens (including phenoxy) is 3. The van der Waals surface area contributed by atoms with Crippen molar-refractivity contribution in [1.82, 2.24) is 24.9 Å². The number of carbonyl (C=O) groups excluding carboxylic acids is 1. The number of amides is 1. The van der Waals surface area contributed by atoms with Gasteiger partial charge in [0.25, 0.3) is 11.7 Å². The molecule has 1 amide bonds. The van der Waals surface area contributed by atoms with Crippen molar-refractivity contribution in [2.75, 3.05) is 27.9 Å². The van der Waals surface area contributed by atoms with Crippen molar-refractivity contribution in [3.05, 3.63) is 41.0 Å². The molecular formula is C19H23N5O4. The molecule has 0 spiro atoms. The molecule has 148 valence electrons. The quantitative estimate of drug-likeness (QED) is 0.661. The first-order valence-electron chi connectivity index (χ1n) is 8.74. The van der Waals surface area contributed by atoms with Crippen LogP contribution in [0, 0.1) is 13.8 Å². The van der Waals surface area contributed by atoms with Gasteiger partial charge in [0.2, 0.25) is 5.75 Å². The lowest BCUT2D eigenvalue weighted by Gasteiger charge is -2.14. The fraction of sp³-hybridized carbons (Fsp3) is 0.368. The van der Waals surface area contributed by atoms with E-state index in [2.05, 4.69) is 20.4 Å². The number of nitrogens with one attached hydrogen (secondary N) is 1. The van der Waals surface area contributed by atoms with Gasteiger partial charge in [-0.3, -0.25) is 4.79 Å². The van der Waals surface area contributed by atoms with Gasteiger partial charge in [0.05, 0.1) is 44.6 Å². The summed E-state index contributed by atoms with van der Waals surface area (Å²) in [5, 5.41) is 7.28. The lowest BCUT2D eigenvalue weighted by atomic mass is 10.1. The zero-order chi connectivity index (χ0) is 20.3. The average molecular weight is 385 g/mol. The summed E-state index contributed by atoms with van der Waals surface area (Å²) in [6.45, 7) is 4.21. The minimum absolute atomic E-state index is 0.244. The molecule has 3 rings (SSSR count). The highest BCUT2D eigenvalue weighted by Crippen LogP contribution is 2.38. The number of aryl methyl sites for hydroxylation is 2. The molecule has 0 unspecified atom stereocenters. The second-order valence-electron chi connectivity index (χ2n) is 6.18. The Labute approximate surface area is 162 Å². The van der Waals surface area contributed by atoms with Crippen LogP contribution in [0.4, 0.5) is 0 Å². The highest BCUT2D eigenvalue weighted by Gasteiger charge is 2.17. The second-order valence-corrected chi connectivity index (χ2v) is 6.18. The van der Waals surface area contributed by atoms with Crippen LogP contribution in [-0.2, 0) is 6.42 Å². The number of aromatic nitrogens is 4. The fourth-order valence-electron chi connectivity index (χ4n) is 2.76.